The van der Waals surface area contributed by atoms with Gasteiger partial charge in [-0.2, -0.15) is 0 Å². The minimum absolute atomic E-state index is 0.473. The number of allylic oxidation sites excluding steroid dienone is 1. The van der Waals surface area contributed by atoms with Crippen molar-refractivity contribution < 1.29 is 4.42 Å². The number of benzene rings is 1. The van der Waals surface area contributed by atoms with Crippen LogP contribution in [0.1, 0.15) is 11.7 Å². The number of halogens is 1. The molecule has 23 heavy (non-hydrogen) atoms. The third-order valence-electron chi connectivity index (χ3n) is 3.10. The fourth-order valence-corrected chi connectivity index (χ4v) is 2.91. The Morgan fingerprint density at radius 2 is 2.00 bits per heavy atom. The van der Waals surface area contributed by atoms with Gasteiger partial charge in [0.05, 0.1) is 5.75 Å². The predicted molar refractivity (Wildman–Crippen MR) is 89.3 cm³/mol. The highest BCUT2D eigenvalue weighted by Crippen LogP contribution is 2.24. The van der Waals surface area contributed by atoms with Crippen molar-refractivity contribution >= 4 is 23.4 Å². The molecule has 1 aromatic carbocycles. The monoisotopic (exact) mass is 347 g/mol. The van der Waals surface area contributed by atoms with Crippen LogP contribution in [-0.4, -0.2) is 25.0 Å². The molecule has 2 aromatic heterocycles. The van der Waals surface area contributed by atoms with E-state index >= 15 is 0 Å². The smallest absolute Gasteiger partial charge is 0.247 e. The number of nitrogens with zero attached hydrogens (tertiary/aromatic N) is 5. The van der Waals surface area contributed by atoms with E-state index in [9.17, 15) is 0 Å². The molecule has 118 valence electrons. The Kier molecular flexibility index (Phi) is 4.78. The van der Waals surface area contributed by atoms with Crippen LogP contribution in [0, 0.1) is 6.92 Å². The molecule has 0 atom stereocenters. The first kappa shape index (κ1) is 15.8. The summed E-state index contributed by atoms with van der Waals surface area (Å²) in [6.07, 6.45) is 1.81. The predicted octanol–water partition coefficient (Wildman–Crippen LogP) is 3.77. The Bertz CT molecular complexity index is 812. The summed E-state index contributed by atoms with van der Waals surface area (Å²) in [7, 11) is 0. The van der Waals surface area contributed by atoms with Crippen LogP contribution in [0.4, 0.5) is 0 Å². The zero-order valence-electron chi connectivity index (χ0n) is 12.4. The molecule has 0 radical (unpaired) electrons. The van der Waals surface area contributed by atoms with Gasteiger partial charge in [-0.15, -0.1) is 27.0 Å². The summed E-state index contributed by atoms with van der Waals surface area (Å²) >= 11 is 7.37. The largest absolute Gasteiger partial charge is 0.420 e. The molecule has 0 bridgehead atoms. The zero-order chi connectivity index (χ0) is 16.2. The van der Waals surface area contributed by atoms with Crippen molar-refractivity contribution in [1.82, 2.24) is 25.0 Å². The molecule has 0 unspecified atom stereocenters. The van der Waals surface area contributed by atoms with Gasteiger partial charge < -0.3 is 8.98 Å². The molecule has 6 nitrogen and oxygen atoms in total. The normalized spacial score (nSPS) is 10.9. The van der Waals surface area contributed by atoms with Gasteiger partial charge >= 0.3 is 0 Å². The molecule has 8 heteroatoms. The fraction of sp³-hybridized carbons (Fsp3) is 0.200. The summed E-state index contributed by atoms with van der Waals surface area (Å²) in [6, 6.07) is 7.26. The molecule has 0 aliphatic rings. The van der Waals surface area contributed by atoms with E-state index in [1.54, 1.807) is 12.1 Å². The fourth-order valence-electron chi connectivity index (χ4n) is 1.95. The van der Waals surface area contributed by atoms with Gasteiger partial charge in [0.25, 0.3) is 0 Å². The maximum absolute atomic E-state index is 5.87. The van der Waals surface area contributed by atoms with Gasteiger partial charge in [-0.1, -0.05) is 29.4 Å². The maximum atomic E-state index is 5.87. The summed E-state index contributed by atoms with van der Waals surface area (Å²) < 4.78 is 7.65. The lowest BCUT2D eigenvalue weighted by Gasteiger charge is -2.03. The van der Waals surface area contributed by atoms with Crippen LogP contribution in [0.25, 0.3) is 11.5 Å². The molecule has 3 aromatic rings. The summed E-state index contributed by atoms with van der Waals surface area (Å²) in [5.74, 6) is 2.38. The van der Waals surface area contributed by atoms with Crippen LogP contribution < -0.4 is 0 Å². The lowest BCUT2D eigenvalue weighted by atomic mass is 10.2. The summed E-state index contributed by atoms with van der Waals surface area (Å²) in [4.78, 5) is 0. The molecule has 0 amide bonds. The Hall–Kier alpha value is -2.12. The highest BCUT2D eigenvalue weighted by molar-refractivity contribution is 7.98. The van der Waals surface area contributed by atoms with E-state index in [4.69, 9.17) is 16.0 Å². The Morgan fingerprint density at radius 1 is 1.22 bits per heavy atom. The number of rotatable bonds is 6. The van der Waals surface area contributed by atoms with E-state index in [1.807, 2.05) is 29.7 Å². The topological polar surface area (TPSA) is 69.6 Å². The van der Waals surface area contributed by atoms with Crippen LogP contribution in [0.5, 0.6) is 0 Å². The van der Waals surface area contributed by atoms with E-state index in [0.717, 1.165) is 16.5 Å². The van der Waals surface area contributed by atoms with Crippen LogP contribution in [0.2, 0.25) is 5.02 Å². The van der Waals surface area contributed by atoms with Crippen LogP contribution >= 0.6 is 23.4 Å². The molecule has 2 heterocycles. The van der Waals surface area contributed by atoms with Gasteiger partial charge in [-0.05, 0) is 31.2 Å². The first-order valence-electron chi connectivity index (χ1n) is 6.89. The first-order valence-corrected chi connectivity index (χ1v) is 8.25. The third kappa shape index (κ3) is 3.62. The molecule has 0 spiro atoms. The molecular weight excluding hydrogens is 334 g/mol. The minimum atomic E-state index is 0.473. The quantitative estimate of drug-likeness (QED) is 0.499. The van der Waals surface area contributed by atoms with Gasteiger partial charge in [0.2, 0.25) is 11.8 Å². The second-order valence-electron chi connectivity index (χ2n) is 4.73. The zero-order valence-corrected chi connectivity index (χ0v) is 14.0. The molecule has 0 saturated carbocycles. The maximum Gasteiger partial charge on any atom is 0.247 e. The molecule has 0 aliphatic carbocycles. The molecular formula is C15H14ClN5OS. The van der Waals surface area contributed by atoms with Crippen LogP contribution in [-0.2, 0) is 12.3 Å². The second kappa shape index (κ2) is 6.97. The molecule has 0 saturated heterocycles. The van der Waals surface area contributed by atoms with Crippen molar-refractivity contribution in [2.24, 2.45) is 0 Å². The third-order valence-corrected chi connectivity index (χ3v) is 4.30. The number of aryl methyl sites for hydroxylation is 1. The van der Waals surface area contributed by atoms with Crippen molar-refractivity contribution in [1.29, 1.82) is 0 Å². The van der Waals surface area contributed by atoms with Crippen molar-refractivity contribution in [2.75, 3.05) is 0 Å². The van der Waals surface area contributed by atoms with E-state index < -0.39 is 0 Å². The van der Waals surface area contributed by atoms with Crippen molar-refractivity contribution in [3.05, 3.63) is 53.7 Å². The summed E-state index contributed by atoms with van der Waals surface area (Å²) in [6.45, 7) is 6.32. The summed E-state index contributed by atoms with van der Waals surface area (Å²) in [5.41, 5.74) is 0.837. The first-order chi connectivity index (χ1) is 11.2. The van der Waals surface area contributed by atoms with Gasteiger partial charge in [0.1, 0.15) is 5.82 Å². The number of aromatic nitrogens is 5. The number of hydrogen-bond donors (Lipinski definition) is 0. The SMILES string of the molecule is C=CCn1c(C)nnc1SCc1nnc(-c2ccc(Cl)cc2)o1. The molecule has 0 fully saturated rings. The van der Waals surface area contributed by atoms with Crippen molar-refractivity contribution in [3.63, 3.8) is 0 Å². The molecule has 3 rings (SSSR count). The van der Waals surface area contributed by atoms with Gasteiger partial charge in [0, 0.05) is 17.1 Å². The average Bonchev–Trinajstić information content (AvgIpc) is 3.15. The van der Waals surface area contributed by atoms with E-state index in [-0.39, 0.29) is 0 Å². The second-order valence-corrected chi connectivity index (χ2v) is 6.10. The highest BCUT2D eigenvalue weighted by atomic mass is 35.5. The standard InChI is InChI=1S/C15H14ClN5OS/c1-3-8-21-10(2)17-20-15(21)23-9-13-18-19-14(22-13)11-4-6-12(16)7-5-11/h3-7H,1,8-9H2,2H3. The van der Waals surface area contributed by atoms with E-state index in [1.165, 1.54) is 11.8 Å². The van der Waals surface area contributed by atoms with Crippen molar-refractivity contribution in [3.8, 4) is 11.5 Å². The van der Waals surface area contributed by atoms with E-state index in [2.05, 4.69) is 27.0 Å². The summed E-state index contributed by atoms with van der Waals surface area (Å²) in [5, 5.41) is 17.8. The van der Waals surface area contributed by atoms with Gasteiger partial charge in [-0.25, -0.2) is 0 Å². The average molecular weight is 348 g/mol. The highest BCUT2D eigenvalue weighted by Gasteiger charge is 2.12. The minimum Gasteiger partial charge on any atom is -0.420 e. The lowest BCUT2D eigenvalue weighted by molar-refractivity contribution is 0.528. The molecule has 0 aliphatic heterocycles. The Labute approximate surface area is 142 Å². The Balaban J connectivity index is 1.70. The van der Waals surface area contributed by atoms with Gasteiger partial charge in [-0.3, -0.25) is 0 Å². The number of hydrogen-bond acceptors (Lipinski definition) is 6. The van der Waals surface area contributed by atoms with Crippen molar-refractivity contribution in [2.45, 2.75) is 24.4 Å². The van der Waals surface area contributed by atoms with Gasteiger partial charge in [0.15, 0.2) is 5.16 Å². The molecule has 0 N–H and O–H groups in total. The number of thioether (sulfide) groups is 1. The van der Waals surface area contributed by atoms with Crippen LogP contribution in [0.15, 0.2) is 46.5 Å². The Morgan fingerprint density at radius 3 is 2.74 bits per heavy atom. The van der Waals surface area contributed by atoms with E-state index in [0.29, 0.717) is 29.1 Å². The lowest BCUT2D eigenvalue weighted by Crippen LogP contribution is -2.00. The van der Waals surface area contributed by atoms with Crippen LogP contribution in [0.3, 0.4) is 0 Å².